The molecule has 3 N–H and O–H groups in total. The standard InChI is InChI=1S/C24H24Cl2N4O2S2/c25-19-5-4-15(10-20(19)26)12-30-8-6-18(7-9-30)28-22(31)14-34-24-29-21(13-33-24)16-2-1-3-17(11-16)23(27)32/h1-5,10-11,13,18H,6-9,12,14H2,(H2,27,32)(H,28,31). The lowest BCUT2D eigenvalue weighted by atomic mass is 10.0. The smallest absolute Gasteiger partial charge is 0.248 e. The summed E-state index contributed by atoms with van der Waals surface area (Å²) >= 11 is 15.0. The maximum absolute atomic E-state index is 12.5. The molecule has 6 nitrogen and oxygen atoms in total. The summed E-state index contributed by atoms with van der Waals surface area (Å²) in [6.07, 6.45) is 1.82. The lowest BCUT2D eigenvalue weighted by Crippen LogP contribution is -2.44. The van der Waals surface area contributed by atoms with Crippen LogP contribution in [0.3, 0.4) is 0 Å². The molecule has 34 heavy (non-hydrogen) atoms. The van der Waals surface area contributed by atoms with Crippen molar-refractivity contribution in [2.45, 2.75) is 29.8 Å². The zero-order valence-electron chi connectivity index (χ0n) is 18.3. The number of nitrogens with zero attached hydrogens (tertiary/aromatic N) is 2. The lowest BCUT2D eigenvalue weighted by molar-refractivity contribution is -0.119. The number of piperidine rings is 1. The third-order valence-corrected chi connectivity index (χ3v) is 8.36. The Labute approximate surface area is 216 Å². The fourth-order valence-corrected chi connectivity index (χ4v) is 5.78. The number of hydrogen-bond acceptors (Lipinski definition) is 6. The SMILES string of the molecule is NC(=O)c1cccc(-c2csc(SCC(=O)NC3CCN(Cc4ccc(Cl)c(Cl)c4)CC3)n2)c1. The molecule has 1 fully saturated rings. The van der Waals surface area contributed by atoms with Gasteiger partial charge in [0.25, 0.3) is 0 Å². The summed E-state index contributed by atoms with van der Waals surface area (Å²) in [5.74, 6) is -0.137. The number of benzene rings is 2. The fourth-order valence-electron chi connectivity index (χ4n) is 3.82. The first-order valence-electron chi connectivity index (χ1n) is 10.8. The molecule has 0 atom stereocenters. The fraction of sp³-hybridized carbons (Fsp3) is 0.292. The van der Waals surface area contributed by atoms with E-state index in [4.69, 9.17) is 28.9 Å². The molecule has 2 aromatic carbocycles. The van der Waals surface area contributed by atoms with Crippen LogP contribution in [0.2, 0.25) is 10.0 Å². The average molecular weight is 536 g/mol. The highest BCUT2D eigenvalue weighted by atomic mass is 35.5. The van der Waals surface area contributed by atoms with Crippen LogP contribution in [-0.2, 0) is 11.3 Å². The number of nitrogens with one attached hydrogen (secondary N) is 1. The van der Waals surface area contributed by atoms with E-state index in [-0.39, 0.29) is 11.9 Å². The molecule has 3 aromatic rings. The summed E-state index contributed by atoms with van der Waals surface area (Å²) in [6, 6.07) is 13.0. The number of hydrogen-bond donors (Lipinski definition) is 2. The van der Waals surface area contributed by atoms with Crippen molar-refractivity contribution in [3.8, 4) is 11.3 Å². The average Bonchev–Trinajstić information content (AvgIpc) is 3.31. The molecule has 2 heterocycles. The van der Waals surface area contributed by atoms with Crippen LogP contribution in [-0.4, -0.2) is 46.6 Å². The van der Waals surface area contributed by atoms with Crippen LogP contribution in [0.4, 0.5) is 0 Å². The zero-order valence-corrected chi connectivity index (χ0v) is 21.4. The van der Waals surface area contributed by atoms with E-state index < -0.39 is 5.91 Å². The van der Waals surface area contributed by atoms with Gasteiger partial charge in [0.2, 0.25) is 11.8 Å². The molecule has 1 saturated heterocycles. The third kappa shape index (κ3) is 6.73. The highest BCUT2D eigenvalue weighted by molar-refractivity contribution is 8.01. The minimum absolute atomic E-state index is 0.0143. The van der Waals surface area contributed by atoms with Crippen molar-refractivity contribution >= 4 is 58.1 Å². The Kier molecular flexibility index (Phi) is 8.50. The largest absolute Gasteiger partial charge is 0.366 e. The van der Waals surface area contributed by atoms with Crippen molar-refractivity contribution < 1.29 is 9.59 Å². The Morgan fingerprint density at radius 1 is 1.15 bits per heavy atom. The van der Waals surface area contributed by atoms with Crippen LogP contribution in [0, 0.1) is 0 Å². The van der Waals surface area contributed by atoms with Gasteiger partial charge in [0.1, 0.15) is 0 Å². The van der Waals surface area contributed by atoms with Gasteiger partial charge in [0, 0.05) is 42.2 Å². The number of likely N-dealkylation sites (tertiary alicyclic amines) is 1. The number of thiazole rings is 1. The molecule has 1 aliphatic rings. The van der Waals surface area contributed by atoms with E-state index in [0.29, 0.717) is 21.4 Å². The number of carbonyl (C=O) groups is 2. The van der Waals surface area contributed by atoms with Gasteiger partial charge in [-0.05, 0) is 42.7 Å². The predicted molar refractivity (Wildman–Crippen MR) is 140 cm³/mol. The Morgan fingerprint density at radius 2 is 1.94 bits per heavy atom. The maximum Gasteiger partial charge on any atom is 0.248 e. The Bertz CT molecular complexity index is 1180. The molecule has 0 aliphatic carbocycles. The molecule has 1 aliphatic heterocycles. The lowest BCUT2D eigenvalue weighted by Gasteiger charge is -2.32. The monoisotopic (exact) mass is 534 g/mol. The zero-order chi connectivity index (χ0) is 24.1. The quantitative estimate of drug-likeness (QED) is 0.393. The van der Waals surface area contributed by atoms with Crippen molar-refractivity contribution in [3.05, 3.63) is 69.0 Å². The van der Waals surface area contributed by atoms with Gasteiger partial charge in [-0.2, -0.15) is 0 Å². The van der Waals surface area contributed by atoms with Crippen LogP contribution >= 0.6 is 46.3 Å². The van der Waals surface area contributed by atoms with E-state index in [1.54, 1.807) is 18.2 Å². The predicted octanol–water partition coefficient (Wildman–Crippen LogP) is 5.09. The van der Waals surface area contributed by atoms with Crippen LogP contribution in [0.5, 0.6) is 0 Å². The van der Waals surface area contributed by atoms with Crippen molar-refractivity contribution in [1.82, 2.24) is 15.2 Å². The third-order valence-electron chi connectivity index (χ3n) is 5.60. The van der Waals surface area contributed by atoms with Gasteiger partial charge in [-0.25, -0.2) is 4.98 Å². The Hall–Kier alpha value is -2.10. The molecular formula is C24H24Cl2N4O2S2. The van der Waals surface area contributed by atoms with Gasteiger partial charge >= 0.3 is 0 Å². The van der Waals surface area contributed by atoms with Crippen molar-refractivity contribution in [2.75, 3.05) is 18.8 Å². The first-order valence-corrected chi connectivity index (χ1v) is 13.4. The van der Waals surface area contributed by atoms with Gasteiger partial charge in [-0.15, -0.1) is 11.3 Å². The number of primary amides is 1. The number of rotatable bonds is 8. The van der Waals surface area contributed by atoms with Gasteiger partial charge in [0.15, 0.2) is 4.34 Å². The number of amides is 2. The van der Waals surface area contributed by atoms with Crippen LogP contribution < -0.4 is 11.1 Å². The van der Waals surface area contributed by atoms with Crippen molar-refractivity contribution in [1.29, 1.82) is 0 Å². The van der Waals surface area contributed by atoms with Crippen LogP contribution in [0.25, 0.3) is 11.3 Å². The highest BCUT2D eigenvalue weighted by Gasteiger charge is 2.21. The van der Waals surface area contributed by atoms with Gasteiger partial charge < -0.3 is 11.1 Å². The van der Waals surface area contributed by atoms with E-state index >= 15 is 0 Å². The molecule has 0 bridgehead atoms. The molecule has 4 rings (SSSR count). The second kappa shape index (κ2) is 11.6. The molecule has 0 spiro atoms. The summed E-state index contributed by atoms with van der Waals surface area (Å²) in [6.45, 7) is 2.65. The van der Waals surface area contributed by atoms with E-state index in [0.717, 1.165) is 53.6 Å². The number of carbonyl (C=O) groups excluding carboxylic acids is 2. The molecule has 178 valence electrons. The van der Waals surface area contributed by atoms with Crippen molar-refractivity contribution in [3.63, 3.8) is 0 Å². The molecule has 0 saturated carbocycles. The molecule has 0 unspecified atom stereocenters. The molecule has 0 radical (unpaired) electrons. The number of aromatic nitrogens is 1. The minimum atomic E-state index is -0.469. The van der Waals surface area contributed by atoms with E-state index in [2.05, 4.69) is 15.2 Å². The number of nitrogens with two attached hydrogens (primary N) is 1. The first-order chi connectivity index (χ1) is 16.4. The summed E-state index contributed by atoms with van der Waals surface area (Å²) in [4.78, 5) is 30.8. The van der Waals surface area contributed by atoms with Gasteiger partial charge in [0.05, 0.1) is 21.5 Å². The summed E-state index contributed by atoms with van der Waals surface area (Å²) in [5.41, 5.74) is 8.54. The van der Waals surface area contributed by atoms with Crippen molar-refractivity contribution in [2.24, 2.45) is 5.73 Å². The summed E-state index contributed by atoms with van der Waals surface area (Å²) in [5, 5.41) is 6.21. The number of halogens is 2. The minimum Gasteiger partial charge on any atom is -0.366 e. The Morgan fingerprint density at radius 3 is 2.68 bits per heavy atom. The summed E-state index contributed by atoms with van der Waals surface area (Å²) in [7, 11) is 0. The van der Waals surface area contributed by atoms with Gasteiger partial charge in [-0.3, -0.25) is 14.5 Å². The van der Waals surface area contributed by atoms with Crippen LogP contribution in [0.15, 0.2) is 52.2 Å². The molecule has 10 heteroatoms. The molecule has 2 amide bonds. The van der Waals surface area contributed by atoms with Crippen LogP contribution in [0.1, 0.15) is 28.8 Å². The maximum atomic E-state index is 12.5. The summed E-state index contributed by atoms with van der Waals surface area (Å²) < 4.78 is 0.811. The Balaban J connectivity index is 1.21. The molecular weight excluding hydrogens is 511 g/mol. The highest BCUT2D eigenvalue weighted by Crippen LogP contribution is 2.29. The second-order valence-electron chi connectivity index (χ2n) is 8.10. The van der Waals surface area contributed by atoms with E-state index in [9.17, 15) is 9.59 Å². The van der Waals surface area contributed by atoms with E-state index in [1.807, 2.05) is 29.6 Å². The first kappa shape index (κ1) is 25.0. The van der Waals surface area contributed by atoms with E-state index in [1.165, 1.54) is 23.1 Å². The topological polar surface area (TPSA) is 88.3 Å². The molecule has 1 aromatic heterocycles. The second-order valence-corrected chi connectivity index (χ2v) is 11.0. The normalized spacial score (nSPS) is 14.8. The number of thioether (sulfide) groups is 1. The van der Waals surface area contributed by atoms with Gasteiger partial charge in [-0.1, -0.05) is 53.2 Å².